The molecule has 14 heteroatoms. The average Bonchev–Trinajstić information content (AvgIpc) is 3.69. The first kappa shape index (κ1) is 34.9. The van der Waals surface area contributed by atoms with E-state index >= 15 is 0 Å². The summed E-state index contributed by atoms with van der Waals surface area (Å²) in [5, 5.41) is 9.14. The SMILES string of the molecule is C=CC(=O)N1CCN(/C(=N/COCC2(CN3CC[C@H](F)C3)CC2)C2=C(N=C)CN(c3cccc(Cl)c3C(F)(F)F)CC2)CC1CC#N. The van der Waals surface area contributed by atoms with Crippen molar-refractivity contribution >= 4 is 35.7 Å². The number of amides is 1. The van der Waals surface area contributed by atoms with E-state index in [1.54, 1.807) is 9.80 Å². The summed E-state index contributed by atoms with van der Waals surface area (Å²) in [6.07, 6.45) is -1.22. The van der Waals surface area contributed by atoms with Crippen molar-refractivity contribution in [3.63, 3.8) is 0 Å². The van der Waals surface area contributed by atoms with Crippen LogP contribution in [0.1, 0.15) is 37.7 Å². The molecule has 2 atom stereocenters. The van der Waals surface area contributed by atoms with Gasteiger partial charge in [-0.1, -0.05) is 24.2 Å². The third kappa shape index (κ3) is 8.16. The molecule has 0 radical (unpaired) electrons. The molecule has 0 aromatic heterocycles. The van der Waals surface area contributed by atoms with E-state index in [9.17, 15) is 27.6 Å². The molecule has 254 valence electrons. The van der Waals surface area contributed by atoms with Gasteiger partial charge in [0.2, 0.25) is 5.91 Å². The fraction of sp³-hybridized carbons (Fsp3) is 0.576. The Kier molecular flexibility index (Phi) is 10.9. The Morgan fingerprint density at radius 2 is 2.00 bits per heavy atom. The summed E-state index contributed by atoms with van der Waals surface area (Å²) in [7, 11) is 0. The number of aliphatic imine (C=N–C) groups is 2. The first-order chi connectivity index (χ1) is 22.5. The number of likely N-dealkylation sites (tertiary alicyclic amines) is 1. The number of alkyl halides is 4. The van der Waals surface area contributed by atoms with Crippen molar-refractivity contribution in [1.29, 1.82) is 5.26 Å². The van der Waals surface area contributed by atoms with Crippen LogP contribution in [0.2, 0.25) is 5.02 Å². The Morgan fingerprint density at radius 3 is 2.64 bits per heavy atom. The zero-order valence-electron chi connectivity index (χ0n) is 26.3. The van der Waals surface area contributed by atoms with Crippen LogP contribution in [0.5, 0.6) is 0 Å². The third-order valence-electron chi connectivity index (χ3n) is 9.41. The van der Waals surface area contributed by atoms with E-state index in [1.165, 1.54) is 24.3 Å². The van der Waals surface area contributed by atoms with E-state index in [1.807, 2.05) is 4.90 Å². The minimum atomic E-state index is -4.65. The summed E-state index contributed by atoms with van der Waals surface area (Å²) in [6.45, 7) is 11.2. The molecule has 47 heavy (non-hydrogen) atoms. The molecule has 5 rings (SSSR count). The maximum absolute atomic E-state index is 14.0. The fourth-order valence-electron chi connectivity index (χ4n) is 6.81. The molecule has 1 saturated carbocycles. The van der Waals surface area contributed by atoms with E-state index < -0.39 is 24.0 Å². The molecule has 3 aliphatic heterocycles. The summed E-state index contributed by atoms with van der Waals surface area (Å²) in [6, 6.07) is 5.86. The topological polar surface area (TPSA) is 87.8 Å². The number of carbonyl (C=O) groups is 1. The van der Waals surface area contributed by atoms with Crippen LogP contribution < -0.4 is 4.90 Å². The number of hydrogen-bond acceptors (Lipinski definition) is 7. The highest BCUT2D eigenvalue weighted by Crippen LogP contribution is 2.47. The first-order valence-electron chi connectivity index (χ1n) is 15.8. The predicted octanol–water partition coefficient (Wildman–Crippen LogP) is 5.33. The quantitative estimate of drug-likeness (QED) is 0.103. The Balaban J connectivity index is 1.39. The van der Waals surface area contributed by atoms with Gasteiger partial charge in [-0.2, -0.15) is 18.4 Å². The first-order valence-corrected chi connectivity index (χ1v) is 16.2. The summed E-state index contributed by atoms with van der Waals surface area (Å²) in [4.78, 5) is 29.0. The van der Waals surface area contributed by atoms with Gasteiger partial charge in [0.25, 0.3) is 0 Å². The number of benzene rings is 1. The van der Waals surface area contributed by atoms with Crippen molar-refractivity contribution in [1.82, 2.24) is 14.7 Å². The van der Waals surface area contributed by atoms with Crippen molar-refractivity contribution in [2.24, 2.45) is 15.4 Å². The molecule has 3 heterocycles. The van der Waals surface area contributed by atoms with Crippen LogP contribution in [-0.2, 0) is 15.7 Å². The Labute approximate surface area is 277 Å². The molecule has 1 aliphatic carbocycles. The van der Waals surface area contributed by atoms with Gasteiger partial charge in [0.15, 0.2) is 0 Å². The number of halogens is 5. The number of ether oxygens (including phenoxy) is 1. The zero-order chi connectivity index (χ0) is 33.8. The molecule has 1 aromatic rings. The maximum Gasteiger partial charge on any atom is 0.419 e. The van der Waals surface area contributed by atoms with Gasteiger partial charge in [0.05, 0.1) is 53.7 Å². The van der Waals surface area contributed by atoms with E-state index in [0.717, 1.165) is 31.5 Å². The lowest BCUT2D eigenvalue weighted by molar-refractivity contribution is -0.137. The van der Waals surface area contributed by atoms with Crippen molar-refractivity contribution < 1.29 is 27.1 Å². The van der Waals surface area contributed by atoms with Crippen molar-refractivity contribution in [2.75, 3.05) is 70.6 Å². The lowest BCUT2D eigenvalue weighted by Gasteiger charge is -2.43. The van der Waals surface area contributed by atoms with Crippen LogP contribution in [0.3, 0.4) is 0 Å². The van der Waals surface area contributed by atoms with Gasteiger partial charge >= 0.3 is 6.18 Å². The molecular formula is C33H40ClF4N7O2. The van der Waals surface area contributed by atoms with Gasteiger partial charge in [0, 0.05) is 56.8 Å². The number of carbonyl (C=O) groups excluding carboxylic acids is 1. The molecule has 4 aliphatic rings. The molecule has 0 N–H and O–H groups in total. The summed E-state index contributed by atoms with van der Waals surface area (Å²) in [5.74, 6) is 0.300. The van der Waals surface area contributed by atoms with Gasteiger partial charge in [-0.15, -0.1) is 0 Å². The average molecular weight is 678 g/mol. The van der Waals surface area contributed by atoms with Gasteiger partial charge in [-0.25, -0.2) is 9.38 Å². The Morgan fingerprint density at radius 1 is 1.21 bits per heavy atom. The molecule has 1 amide bonds. The van der Waals surface area contributed by atoms with Gasteiger partial charge in [-0.3, -0.25) is 14.7 Å². The van der Waals surface area contributed by atoms with E-state index in [2.05, 4.69) is 29.3 Å². The molecule has 1 aromatic carbocycles. The van der Waals surface area contributed by atoms with Crippen LogP contribution >= 0.6 is 11.6 Å². The minimum absolute atomic E-state index is 0.0140. The summed E-state index contributed by atoms with van der Waals surface area (Å²) < 4.78 is 61.9. The molecule has 2 saturated heterocycles. The second-order valence-corrected chi connectivity index (χ2v) is 13.1. The zero-order valence-corrected chi connectivity index (χ0v) is 27.1. The Hall–Kier alpha value is -3.47. The van der Waals surface area contributed by atoms with Crippen LogP contribution in [-0.4, -0.2) is 111 Å². The monoisotopic (exact) mass is 677 g/mol. The number of nitriles is 1. The summed E-state index contributed by atoms with van der Waals surface area (Å²) >= 11 is 6.02. The highest BCUT2D eigenvalue weighted by molar-refractivity contribution is 6.31. The number of anilines is 1. The number of hydrogen-bond donors (Lipinski definition) is 0. The number of rotatable bonds is 11. The van der Waals surface area contributed by atoms with E-state index in [4.69, 9.17) is 21.3 Å². The Bertz CT molecular complexity index is 1460. The van der Waals surface area contributed by atoms with Crippen LogP contribution in [0.25, 0.3) is 0 Å². The van der Waals surface area contributed by atoms with Crippen molar-refractivity contribution in [2.45, 2.75) is 50.5 Å². The van der Waals surface area contributed by atoms with Crippen LogP contribution in [0.4, 0.5) is 23.2 Å². The highest BCUT2D eigenvalue weighted by Gasteiger charge is 2.45. The molecule has 0 spiro atoms. The summed E-state index contributed by atoms with van der Waals surface area (Å²) in [5.41, 5.74) is 0.243. The standard InChI is InChI=1S/C33H40ClF4N7O2/c1-3-29(46)45-16-15-44(18-24(45)7-12-39)31(41-22-47-21-32(10-11-32)20-42-13-8-23(35)17-42)25-9-14-43(19-27(25)40-2)28-6-4-5-26(34)30(28)33(36,37)38/h3-6,23-24H,1-2,7-11,13-22H2/b41-31+/t23-,24?/m0/s1. The van der Waals surface area contributed by atoms with Gasteiger partial charge < -0.3 is 19.4 Å². The third-order valence-corrected chi connectivity index (χ3v) is 9.72. The maximum atomic E-state index is 14.0. The number of nitrogens with zero attached hydrogens (tertiary/aromatic N) is 7. The second kappa shape index (κ2) is 14.7. The minimum Gasteiger partial charge on any atom is -0.365 e. The lowest BCUT2D eigenvalue weighted by Crippen LogP contribution is -2.56. The lowest BCUT2D eigenvalue weighted by atomic mass is 9.99. The second-order valence-electron chi connectivity index (χ2n) is 12.7. The molecule has 1 unspecified atom stereocenters. The van der Waals surface area contributed by atoms with E-state index in [-0.39, 0.29) is 48.3 Å². The molecule has 9 nitrogen and oxygen atoms in total. The predicted molar refractivity (Wildman–Crippen MR) is 173 cm³/mol. The van der Waals surface area contributed by atoms with Crippen molar-refractivity contribution in [3.8, 4) is 6.07 Å². The van der Waals surface area contributed by atoms with Crippen molar-refractivity contribution in [3.05, 3.63) is 52.7 Å². The fourth-order valence-corrected chi connectivity index (χ4v) is 7.09. The van der Waals surface area contributed by atoms with Crippen LogP contribution in [0.15, 0.2) is 52.1 Å². The van der Waals surface area contributed by atoms with E-state index in [0.29, 0.717) is 57.2 Å². The molecule has 3 fully saturated rings. The molecule has 0 bridgehead atoms. The van der Waals surface area contributed by atoms with Crippen LogP contribution in [0, 0.1) is 16.7 Å². The smallest absolute Gasteiger partial charge is 0.365 e. The normalized spacial score (nSPS) is 23.6. The number of amidine groups is 1. The largest absolute Gasteiger partial charge is 0.419 e. The highest BCUT2D eigenvalue weighted by atomic mass is 35.5. The number of piperazine rings is 1. The van der Waals surface area contributed by atoms with Gasteiger partial charge in [-0.05, 0) is 50.6 Å². The molecular weight excluding hydrogens is 638 g/mol. The van der Waals surface area contributed by atoms with Gasteiger partial charge in [0.1, 0.15) is 18.7 Å².